The van der Waals surface area contributed by atoms with Gasteiger partial charge in [0.25, 0.3) is 23.6 Å². The van der Waals surface area contributed by atoms with E-state index >= 15 is 0 Å². The zero-order valence-corrected chi connectivity index (χ0v) is 32.5. The van der Waals surface area contributed by atoms with Gasteiger partial charge >= 0.3 is 6.18 Å². The second-order valence-corrected chi connectivity index (χ2v) is 15.3. The Hall–Kier alpha value is -7.41. The largest absolute Gasteiger partial charge is 0.508 e. The number of fused-ring (bicyclic) bond motifs is 2. The number of ether oxygens (including phenoxy) is 2. The molecule has 302 valence electrons. The number of phenolic OH excluding ortho intramolecular Hbond substituents is 2. The molecule has 0 spiro atoms. The van der Waals surface area contributed by atoms with Crippen LogP contribution in [0.3, 0.4) is 0 Å². The number of halogens is 3. The molecule has 1 atom stereocenters. The van der Waals surface area contributed by atoms with Crippen molar-refractivity contribution in [2.75, 3.05) is 11.9 Å². The molecule has 0 bridgehead atoms. The SMILES string of the molecule is CN1C(=O)c2ccc(Oc3ccc(C(C)(C)c4ccc(Oc5ccc6c(c5)C(=O)N(c5cc(C(C)(c7ccc(O)cc7)C(F)(F)F)ccc5O)C6=O)cc4)cc3)cc2C1=O. The fraction of sp³-hybridized carbons (Fsp3) is 0.149. The Balaban J connectivity index is 0.978. The Morgan fingerprint density at radius 2 is 0.900 bits per heavy atom. The number of anilines is 1. The monoisotopic (exact) mass is 812 g/mol. The van der Waals surface area contributed by atoms with Gasteiger partial charge in [-0.05, 0) is 114 Å². The number of rotatable bonds is 9. The van der Waals surface area contributed by atoms with E-state index in [-0.39, 0.29) is 45.6 Å². The van der Waals surface area contributed by atoms with Crippen LogP contribution >= 0.6 is 0 Å². The van der Waals surface area contributed by atoms with E-state index in [2.05, 4.69) is 13.8 Å². The molecule has 2 aliphatic rings. The van der Waals surface area contributed by atoms with Gasteiger partial charge in [0.2, 0.25) is 0 Å². The highest BCUT2D eigenvalue weighted by molar-refractivity contribution is 6.35. The summed E-state index contributed by atoms with van der Waals surface area (Å²) in [6.07, 6.45) is -4.85. The van der Waals surface area contributed by atoms with Crippen molar-refractivity contribution >= 4 is 29.3 Å². The summed E-state index contributed by atoms with van der Waals surface area (Å²) in [4.78, 5) is 53.7. The van der Waals surface area contributed by atoms with Crippen molar-refractivity contribution in [1.29, 1.82) is 0 Å². The van der Waals surface area contributed by atoms with Crippen molar-refractivity contribution in [3.05, 3.63) is 172 Å². The minimum absolute atomic E-state index is 0.0190. The average molecular weight is 813 g/mol. The average Bonchev–Trinajstić information content (AvgIpc) is 3.59. The van der Waals surface area contributed by atoms with Gasteiger partial charge in [-0.2, -0.15) is 13.2 Å². The summed E-state index contributed by atoms with van der Waals surface area (Å²) in [7, 11) is 1.44. The van der Waals surface area contributed by atoms with Crippen LogP contribution in [-0.4, -0.2) is 52.0 Å². The highest BCUT2D eigenvalue weighted by Gasteiger charge is 2.54. The molecule has 10 nitrogen and oxygen atoms in total. The Morgan fingerprint density at radius 1 is 0.483 bits per heavy atom. The maximum atomic E-state index is 14.8. The molecule has 1 unspecified atom stereocenters. The number of alkyl halides is 3. The predicted molar refractivity (Wildman–Crippen MR) is 214 cm³/mol. The van der Waals surface area contributed by atoms with Crippen LogP contribution in [0.5, 0.6) is 34.5 Å². The van der Waals surface area contributed by atoms with Gasteiger partial charge in [-0.25, -0.2) is 4.90 Å². The summed E-state index contributed by atoms with van der Waals surface area (Å²) >= 11 is 0. The summed E-state index contributed by atoms with van der Waals surface area (Å²) in [6.45, 7) is 5.05. The first kappa shape index (κ1) is 39.4. The zero-order chi connectivity index (χ0) is 42.9. The Labute approximate surface area is 341 Å². The van der Waals surface area contributed by atoms with Gasteiger partial charge in [0, 0.05) is 12.5 Å². The summed E-state index contributed by atoms with van der Waals surface area (Å²) in [5.74, 6) is -1.60. The van der Waals surface area contributed by atoms with Crippen molar-refractivity contribution < 1.29 is 52.0 Å². The smallest absolute Gasteiger partial charge is 0.402 e. The van der Waals surface area contributed by atoms with Gasteiger partial charge in [0.15, 0.2) is 0 Å². The minimum Gasteiger partial charge on any atom is -0.508 e. The number of carbonyl (C=O) groups excluding carboxylic acids is 4. The molecule has 2 N–H and O–H groups in total. The fourth-order valence-corrected chi connectivity index (χ4v) is 7.53. The summed E-state index contributed by atoms with van der Waals surface area (Å²) < 4.78 is 56.3. The van der Waals surface area contributed by atoms with Crippen LogP contribution in [0.2, 0.25) is 0 Å². The number of hydrogen-bond acceptors (Lipinski definition) is 8. The molecular weight excluding hydrogens is 778 g/mol. The van der Waals surface area contributed by atoms with Gasteiger partial charge in [0.05, 0.1) is 27.9 Å². The number of benzene rings is 6. The van der Waals surface area contributed by atoms with E-state index in [0.717, 1.165) is 65.4 Å². The number of nitrogens with zero attached hydrogens (tertiary/aromatic N) is 2. The highest BCUT2D eigenvalue weighted by Crippen LogP contribution is 2.49. The summed E-state index contributed by atoms with van der Waals surface area (Å²) in [5, 5.41) is 20.5. The predicted octanol–water partition coefficient (Wildman–Crippen LogP) is 9.90. The number of amides is 4. The van der Waals surface area contributed by atoms with Gasteiger partial charge in [0.1, 0.15) is 39.9 Å². The lowest BCUT2D eigenvalue weighted by Gasteiger charge is -2.34. The summed E-state index contributed by atoms with van der Waals surface area (Å²) in [5.41, 5.74) is -1.58. The third-order valence-electron chi connectivity index (χ3n) is 11.3. The molecular formula is C47H35F3N2O8. The standard InChI is InChI=1S/C47H35F3N2O8/c1-45(2,26-7-14-31(15-8-26)59-33-18-20-35-37(24-33)42(56)51(4)41(35)55)27-9-16-32(17-10-27)60-34-19-21-36-38(25-34)44(58)52(43(36)57)39-23-29(11-22-40(39)54)46(3,47(48,49)50)28-5-12-30(53)13-6-28/h5-25,53-54H,1-4H3. The molecule has 2 aliphatic heterocycles. The van der Waals surface area contributed by atoms with Crippen molar-refractivity contribution in [1.82, 2.24) is 4.90 Å². The van der Waals surface area contributed by atoms with Crippen molar-refractivity contribution in [3.63, 3.8) is 0 Å². The molecule has 8 rings (SSSR count). The summed E-state index contributed by atoms with van der Waals surface area (Å²) in [6, 6.07) is 31.4. The lowest BCUT2D eigenvalue weighted by Crippen LogP contribution is -2.41. The van der Waals surface area contributed by atoms with Crippen molar-refractivity contribution in [3.8, 4) is 34.5 Å². The van der Waals surface area contributed by atoms with E-state index in [0.29, 0.717) is 33.3 Å². The zero-order valence-electron chi connectivity index (χ0n) is 32.5. The second-order valence-electron chi connectivity index (χ2n) is 15.3. The maximum Gasteiger partial charge on any atom is 0.402 e. The molecule has 13 heteroatoms. The number of hydrogen-bond donors (Lipinski definition) is 2. The normalized spacial score (nSPS) is 14.9. The van der Waals surface area contributed by atoms with Crippen LogP contribution < -0.4 is 14.4 Å². The molecule has 6 aromatic carbocycles. The van der Waals surface area contributed by atoms with Crippen LogP contribution in [0.4, 0.5) is 18.9 Å². The highest BCUT2D eigenvalue weighted by atomic mass is 19.4. The van der Waals surface area contributed by atoms with E-state index in [1.807, 2.05) is 36.4 Å². The van der Waals surface area contributed by atoms with Gasteiger partial charge in [-0.15, -0.1) is 0 Å². The lowest BCUT2D eigenvalue weighted by atomic mass is 9.75. The van der Waals surface area contributed by atoms with Gasteiger partial charge in [-0.1, -0.05) is 56.3 Å². The molecule has 0 saturated heterocycles. The molecule has 60 heavy (non-hydrogen) atoms. The number of carbonyl (C=O) groups is 4. The van der Waals surface area contributed by atoms with E-state index in [9.17, 15) is 42.6 Å². The van der Waals surface area contributed by atoms with Crippen LogP contribution in [0.1, 0.15) is 84.5 Å². The third kappa shape index (κ3) is 6.48. The third-order valence-corrected chi connectivity index (χ3v) is 11.3. The Morgan fingerprint density at radius 3 is 1.42 bits per heavy atom. The van der Waals surface area contributed by atoms with Gasteiger partial charge in [-0.3, -0.25) is 24.1 Å². The molecule has 6 aromatic rings. The quantitative estimate of drug-likeness (QED) is 0.138. The first-order valence-corrected chi connectivity index (χ1v) is 18.6. The minimum atomic E-state index is -4.85. The molecule has 0 aromatic heterocycles. The van der Waals surface area contributed by atoms with E-state index in [1.165, 1.54) is 25.2 Å². The Kier molecular flexibility index (Phi) is 9.30. The van der Waals surface area contributed by atoms with Crippen LogP contribution in [0.15, 0.2) is 127 Å². The van der Waals surface area contributed by atoms with Crippen LogP contribution in [0.25, 0.3) is 0 Å². The van der Waals surface area contributed by atoms with Gasteiger partial charge < -0.3 is 19.7 Å². The number of imide groups is 2. The van der Waals surface area contributed by atoms with E-state index in [1.54, 1.807) is 30.3 Å². The molecule has 0 fully saturated rings. The number of phenols is 2. The lowest BCUT2D eigenvalue weighted by molar-refractivity contribution is -0.173. The number of aromatic hydroxyl groups is 2. The molecule has 0 radical (unpaired) electrons. The molecule has 2 heterocycles. The molecule has 0 aliphatic carbocycles. The van der Waals surface area contributed by atoms with Crippen molar-refractivity contribution in [2.45, 2.75) is 37.8 Å². The van der Waals surface area contributed by atoms with Crippen LogP contribution in [0, 0.1) is 0 Å². The topological polar surface area (TPSA) is 134 Å². The molecule has 0 saturated carbocycles. The van der Waals surface area contributed by atoms with E-state index < -0.39 is 40.3 Å². The molecule has 4 amide bonds. The van der Waals surface area contributed by atoms with Crippen LogP contribution in [-0.2, 0) is 10.8 Å². The fourth-order valence-electron chi connectivity index (χ4n) is 7.53. The second kappa shape index (κ2) is 14.2. The van der Waals surface area contributed by atoms with E-state index in [4.69, 9.17) is 9.47 Å². The maximum absolute atomic E-state index is 14.8. The first-order chi connectivity index (χ1) is 28.4. The Bertz CT molecular complexity index is 2750. The van der Waals surface area contributed by atoms with Crippen molar-refractivity contribution in [2.24, 2.45) is 0 Å². The first-order valence-electron chi connectivity index (χ1n) is 18.6.